The number of hydrogen-bond donors (Lipinski definition) is 1. The van der Waals surface area contributed by atoms with E-state index in [0.717, 1.165) is 11.7 Å². The summed E-state index contributed by atoms with van der Waals surface area (Å²) in [7, 11) is 2.00. The fourth-order valence-electron chi connectivity index (χ4n) is 2.11. The van der Waals surface area contributed by atoms with Crippen molar-refractivity contribution in [3.05, 3.63) is 6.33 Å². The van der Waals surface area contributed by atoms with Crippen molar-refractivity contribution in [1.29, 1.82) is 0 Å². The standard InChI is InChI=1S/C11H20N4S/c1-3-6-12-9-4-5-10(7-9)16-11-14-13-8-15(11)2/h8-10,12H,3-7H2,1-2H3. The average molecular weight is 240 g/mol. The van der Waals surface area contributed by atoms with E-state index in [9.17, 15) is 0 Å². The van der Waals surface area contributed by atoms with Crippen LogP contribution in [-0.2, 0) is 7.05 Å². The van der Waals surface area contributed by atoms with Gasteiger partial charge in [0.25, 0.3) is 0 Å². The lowest BCUT2D eigenvalue weighted by Gasteiger charge is -2.11. The van der Waals surface area contributed by atoms with Gasteiger partial charge in [-0.1, -0.05) is 18.7 Å². The molecular formula is C11H20N4S. The lowest BCUT2D eigenvalue weighted by molar-refractivity contribution is 0.524. The summed E-state index contributed by atoms with van der Waals surface area (Å²) in [6.45, 7) is 3.36. The molecule has 0 saturated heterocycles. The molecule has 2 atom stereocenters. The highest BCUT2D eigenvalue weighted by atomic mass is 32.2. The average Bonchev–Trinajstić information content (AvgIpc) is 2.87. The molecule has 0 aliphatic heterocycles. The number of aryl methyl sites for hydroxylation is 1. The molecule has 1 aromatic rings. The minimum atomic E-state index is 0.706. The van der Waals surface area contributed by atoms with E-state index < -0.39 is 0 Å². The molecule has 2 rings (SSSR count). The molecule has 2 unspecified atom stereocenters. The Bertz CT molecular complexity index is 326. The van der Waals surface area contributed by atoms with Gasteiger partial charge in [-0.25, -0.2) is 0 Å². The highest BCUT2D eigenvalue weighted by Gasteiger charge is 2.25. The Hall–Kier alpha value is -0.550. The summed E-state index contributed by atoms with van der Waals surface area (Å²) in [5.41, 5.74) is 0. The van der Waals surface area contributed by atoms with E-state index in [1.54, 1.807) is 6.33 Å². The molecular weight excluding hydrogens is 220 g/mol. The van der Waals surface area contributed by atoms with E-state index in [4.69, 9.17) is 0 Å². The van der Waals surface area contributed by atoms with Crippen LogP contribution in [0.2, 0.25) is 0 Å². The topological polar surface area (TPSA) is 42.7 Å². The number of nitrogens with one attached hydrogen (secondary N) is 1. The van der Waals surface area contributed by atoms with Crippen LogP contribution in [0.5, 0.6) is 0 Å². The molecule has 0 amide bonds. The Labute approximate surface area is 101 Å². The summed E-state index contributed by atoms with van der Waals surface area (Å²) in [6, 6.07) is 0.714. The molecule has 0 spiro atoms. The molecule has 0 bridgehead atoms. The summed E-state index contributed by atoms with van der Waals surface area (Å²) >= 11 is 1.87. The summed E-state index contributed by atoms with van der Waals surface area (Å²) < 4.78 is 2.00. The molecule has 1 N–H and O–H groups in total. The molecule has 90 valence electrons. The first-order chi connectivity index (χ1) is 7.79. The van der Waals surface area contributed by atoms with Crippen LogP contribution in [0.25, 0.3) is 0 Å². The number of rotatable bonds is 5. The van der Waals surface area contributed by atoms with Crippen molar-refractivity contribution in [2.45, 2.75) is 49.1 Å². The molecule has 1 saturated carbocycles. The molecule has 16 heavy (non-hydrogen) atoms. The zero-order valence-corrected chi connectivity index (χ0v) is 10.8. The van der Waals surface area contributed by atoms with Gasteiger partial charge in [0.05, 0.1) is 0 Å². The van der Waals surface area contributed by atoms with E-state index in [-0.39, 0.29) is 0 Å². The first-order valence-electron chi connectivity index (χ1n) is 6.03. The van der Waals surface area contributed by atoms with Crippen LogP contribution >= 0.6 is 11.8 Å². The van der Waals surface area contributed by atoms with Crippen LogP contribution in [-0.4, -0.2) is 32.6 Å². The van der Waals surface area contributed by atoms with Gasteiger partial charge in [0.1, 0.15) is 6.33 Å². The molecule has 1 aromatic heterocycles. The summed E-state index contributed by atoms with van der Waals surface area (Å²) in [4.78, 5) is 0. The van der Waals surface area contributed by atoms with Crippen molar-refractivity contribution in [2.75, 3.05) is 6.54 Å². The number of aromatic nitrogens is 3. The fraction of sp³-hybridized carbons (Fsp3) is 0.818. The second kappa shape index (κ2) is 5.68. The van der Waals surface area contributed by atoms with Gasteiger partial charge in [-0.2, -0.15) is 0 Å². The molecule has 0 radical (unpaired) electrons. The second-order valence-electron chi connectivity index (χ2n) is 4.43. The van der Waals surface area contributed by atoms with Crippen molar-refractivity contribution in [2.24, 2.45) is 7.05 Å². The lowest BCUT2D eigenvalue weighted by Crippen LogP contribution is -2.27. The third-order valence-electron chi connectivity index (χ3n) is 3.01. The Kier molecular flexibility index (Phi) is 4.23. The molecule has 1 aliphatic rings. The smallest absolute Gasteiger partial charge is 0.191 e. The van der Waals surface area contributed by atoms with Gasteiger partial charge in [0.15, 0.2) is 5.16 Å². The third-order valence-corrected chi connectivity index (χ3v) is 4.35. The van der Waals surface area contributed by atoms with E-state index in [1.807, 2.05) is 23.4 Å². The lowest BCUT2D eigenvalue weighted by atomic mass is 10.2. The second-order valence-corrected chi connectivity index (χ2v) is 5.70. The zero-order chi connectivity index (χ0) is 11.4. The summed E-state index contributed by atoms with van der Waals surface area (Å²) in [6.07, 6.45) is 6.84. The van der Waals surface area contributed by atoms with Crippen LogP contribution in [0.15, 0.2) is 11.5 Å². The molecule has 5 heteroatoms. The van der Waals surface area contributed by atoms with Gasteiger partial charge < -0.3 is 9.88 Å². The summed E-state index contributed by atoms with van der Waals surface area (Å²) in [5.74, 6) is 0. The number of hydrogen-bond acceptors (Lipinski definition) is 4. The molecule has 1 heterocycles. The highest BCUT2D eigenvalue weighted by molar-refractivity contribution is 7.99. The minimum absolute atomic E-state index is 0.706. The van der Waals surface area contributed by atoms with E-state index >= 15 is 0 Å². The van der Waals surface area contributed by atoms with Crippen LogP contribution < -0.4 is 5.32 Å². The molecule has 4 nitrogen and oxygen atoms in total. The predicted octanol–water partition coefficient (Wildman–Crippen LogP) is 1.83. The van der Waals surface area contributed by atoms with Crippen molar-refractivity contribution >= 4 is 11.8 Å². The maximum absolute atomic E-state index is 4.12. The number of nitrogens with zero attached hydrogens (tertiary/aromatic N) is 3. The minimum Gasteiger partial charge on any atom is -0.314 e. The first-order valence-corrected chi connectivity index (χ1v) is 6.91. The van der Waals surface area contributed by atoms with Crippen LogP contribution in [0.1, 0.15) is 32.6 Å². The highest BCUT2D eigenvalue weighted by Crippen LogP contribution is 2.33. The van der Waals surface area contributed by atoms with Gasteiger partial charge in [0.2, 0.25) is 0 Å². The van der Waals surface area contributed by atoms with Crippen molar-refractivity contribution in [1.82, 2.24) is 20.1 Å². The first kappa shape index (κ1) is 11.9. The van der Waals surface area contributed by atoms with E-state index in [2.05, 4.69) is 22.4 Å². The largest absolute Gasteiger partial charge is 0.314 e. The Morgan fingerprint density at radius 2 is 2.44 bits per heavy atom. The number of thioether (sulfide) groups is 1. The zero-order valence-electron chi connectivity index (χ0n) is 10.0. The molecule has 1 aliphatic carbocycles. The molecule has 1 fully saturated rings. The van der Waals surface area contributed by atoms with Gasteiger partial charge in [-0.3, -0.25) is 0 Å². The third kappa shape index (κ3) is 2.98. The maximum Gasteiger partial charge on any atom is 0.191 e. The Morgan fingerprint density at radius 3 is 3.12 bits per heavy atom. The predicted molar refractivity (Wildman–Crippen MR) is 66.6 cm³/mol. The summed E-state index contributed by atoms with van der Waals surface area (Å²) in [5, 5.41) is 13.4. The van der Waals surface area contributed by atoms with Gasteiger partial charge in [-0.05, 0) is 32.2 Å². The van der Waals surface area contributed by atoms with Gasteiger partial charge >= 0.3 is 0 Å². The van der Waals surface area contributed by atoms with Crippen LogP contribution in [0.4, 0.5) is 0 Å². The Morgan fingerprint density at radius 1 is 1.56 bits per heavy atom. The van der Waals surface area contributed by atoms with Crippen molar-refractivity contribution < 1.29 is 0 Å². The van der Waals surface area contributed by atoms with Gasteiger partial charge in [0, 0.05) is 18.3 Å². The normalized spacial score (nSPS) is 25.1. The van der Waals surface area contributed by atoms with Crippen molar-refractivity contribution in [3.63, 3.8) is 0 Å². The maximum atomic E-state index is 4.12. The van der Waals surface area contributed by atoms with Crippen LogP contribution in [0.3, 0.4) is 0 Å². The monoisotopic (exact) mass is 240 g/mol. The Balaban J connectivity index is 1.79. The fourth-order valence-corrected chi connectivity index (χ4v) is 3.30. The SMILES string of the molecule is CCCNC1CCC(Sc2nncn2C)C1. The quantitative estimate of drug-likeness (QED) is 0.852. The van der Waals surface area contributed by atoms with E-state index in [0.29, 0.717) is 11.3 Å². The van der Waals surface area contributed by atoms with Crippen LogP contribution in [0, 0.1) is 0 Å². The molecule has 0 aromatic carbocycles. The van der Waals surface area contributed by atoms with Crippen molar-refractivity contribution in [3.8, 4) is 0 Å². The van der Waals surface area contributed by atoms with E-state index in [1.165, 1.54) is 25.7 Å². The van der Waals surface area contributed by atoms with Gasteiger partial charge in [-0.15, -0.1) is 10.2 Å².